The highest BCUT2D eigenvalue weighted by Gasteiger charge is 2.32. The summed E-state index contributed by atoms with van der Waals surface area (Å²) in [5.41, 5.74) is 1.98. The predicted octanol–water partition coefficient (Wildman–Crippen LogP) is 4.76. The van der Waals surface area contributed by atoms with Gasteiger partial charge in [-0.1, -0.05) is 48.0 Å². The number of sulfonamides is 1. The third-order valence-corrected chi connectivity index (χ3v) is 8.92. The Morgan fingerprint density at radius 3 is 2.37 bits per heavy atom. The molecule has 0 aliphatic carbocycles. The normalized spacial score (nSPS) is 16.0. The van der Waals surface area contributed by atoms with Gasteiger partial charge in [0.2, 0.25) is 15.9 Å². The van der Waals surface area contributed by atoms with Crippen LogP contribution in [0.25, 0.3) is 0 Å². The number of hydrogen-bond acceptors (Lipinski definition) is 5. The Morgan fingerprint density at radius 1 is 1.00 bits per heavy atom. The third-order valence-electron chi connectivity index (χ3n) is 6.11. The molecule has 1 aliphatic heterocycles. The Morgan fingerprint density at radius 2 is 1.74 bits per heavy atom. The number of amides is 1. The lowest BCUT2D eigenvalue weighted by Crippen LogP contribution is -2.45. The number of hydrogen-bond donors (Lipinski definition) is 0. The zero-order valence-electron chi connectivity index (χ0n) is 20.2. The SMILES string of the molecule is Cc1ccc(S(=O)(=O)N(CC(=O)N(Cc2ccccc2)Cc2ccc(C)s2)CC2CCCO2)cc1. The Labute approximate surface area is 212 Å². The quantitative estimate of drug-likeness (QED) is 0.393. The van der Waals surface area contributed by atoms with Gasteiger partial charge in [-0.2, -0.15) is 4.31 Å². The minimum Gasteiger partial charge on any atom is -0.377 e. The molecule has 35 heavy (non-hydrogen) atoms. The van der Waals surface area contributed by atoms with Crippen LogP contribution in [0.4, 0.5) is 0 Å². The van der Waals surface area contributed by atoms with Gasteiger partial charge in [-0.25, -0.2) is 8.42 Å². The molecule has 6 nitrogen and oxygen atoms in total. The van der Waals surface area contributed by atoms with E-state index in [0.717, 1.165) is 28.8 Å². The molecule has 8 heteroatoms. The van der Waals surface area contributed by atoms with Crippen molar-refractivity contribution in [1.29, 1.82) is 0 Å². The maximum atomic E-state index is 13.7. The van der Waals surface area contributed by atoms with Crippen LogP contribution < -0.4 is 0 Å². The van der Waals surface area contributed by atoms with Crippen molar-refractivity contribution < 1.29 is 17.9 Å². The molecule has 0 spiro atoms. The summed E-state index contributed by atoms with van der Waals surface area (Å²) in [6.07, 6.45) is 1.48. The van der Waals surface area contributed by atoms with E-state index >= 15 is 0 Å². The molecule has 1 amide bonds. The van der Waals surface area contributed by atoms with Gasteiger partial charge in [0.05, 0.1) is 24.1 Å². The highest BCUT2D eigenvalue weighted by Crippen LogP contribution is 2.23. The lowest BCUT2D eigenvalue weighted by atomic mass is 10.2. The van der Waals surface area contributed by atoms with Gasteiger partial charge in [-0.15, -0.1) is 11.3 Å². The summed E-state index contributed by atoms with van der Waals surface area (Å²) in [7, 11) is -3.87. The fraction of sp³-hybridized carbons (Fsp3) is 0.370. The molecule has 186 valence electrons. The number of thiophene rings is 1. The summed E-state index contributed by atoms with van der Waals surface area (Å²) in [6, 6.07) is 20.6. The lowest BCUT2D eigenvalue weighted by Gasteiger charge is -2.28. The van der Waals surface area contributed by atoms with Crippen molar-refractivity contribution in [3.8, 4) is 0 Å². The van der Waals surface area contributed by atoms with Crippen molar-refractivity contribution in [2.75, 3.05) is 19.7 Å². The van der Waals surface area contributed by atoms with Gasteiger partial charge in [0.25, 0.3) is 0 Å². The van der Waals surface area contributed by atoms with Gasteiger partial charge in [0.1, 0.15) is 0 Å². The van der Waals surface area contributed by atoms with E-state index in [-0.39, 0.29) is 30.0 Å². The minimum absolute atomic E-state index is 0.166. The van der Waals surface area contributed by atoms with Gasteiger partial charge in [-0.3, -0.25) is 4.79 Å². The van der Waals surface area contributed by atoms with Gasteiger partial charge in [0.15, 0.2) is 0 Å². The van der Waals surface area contributed by atoms with Crippen molar-refractivity contribution in [3.63, 3.8) is 0 Å². The first-order chi connectivity index (χ1) is 16.8. The van der Waals surface area contributed by atoms with E-state index in [0.29, 0.717) is 19.7 Å². The number of aryl methyl sites for hydroxylation is 2. The number of carbonyl (C=O) groups excluding carboxylic acids is 1. The molecule has 4 rings (SSSR count). The molecule has 1 unspecified atom stereocenters. The molecule has 1 aromatic heterocycles. The van der Waals surface area contributed by atoms with E-state index in [1.807, 2.05) is 56.3 Å². The van der Waals surface area contributed by atoms with Gasteiger partial charge in [-0.05, 0) is 56.5 Å². The van der Waals surface area contributed by atoms with Crippen LogP contribution in [0.3, 0.4) is 0 Å². The number of ether oxygens (including phenoxy) is 1. The topological polar surface area (TPSA) is 66.9 Å². The molecular formula is C27H32N2O4S2. The van der Waals surface area contributed by atoms with Crippen molar-refractivity contribution in [2.45, 2.75) is 50.8 Å². The first kappa shape index (κ1) is 25.6. The monoisotopic (exact) mass is 512 g/mol. The molecule has 2 heterocycles. The zero-order chi connectivity index (χ0) is 24.8. The standard InChI is InChI=1S/C27H32N2O4S2/c1-21-10-14-26(15-11-21)35(31,32)29(18-24-9-6-16-33-24)20-27(30)28(17-23-7-4-3-5-8-23)19-25-13-12-22(2)34-25/h3-5,7-8,10-15,24H,6,9,16-20H2,1-2H3. The number of benzene rings is 2. The van der Waals surface area contributed by atoms with Gasteiger partial charge >= 0.3 is 0 Å². The fourth-order valence-electron chi connectivity index (χ4n) is 4.17. The second-order valence-electron chi connectivity index (χ2n) is 8.99. The Bertz CT molecular complexity index is 1220. The second-order valence-corrected chi connectivity index (χ2v) is 12.3. The zero-order valence-corrected chi connectivity index (χ0v) is 21.9. The Hall–Kier alpha value is -2.52. The van der Waals surface area contributed by atoms with Crippen LogP contribution in [0.15, 0.2) is 71.6 Å². The van der Waals surface area contributed by atoms with Crippen molar-refractivity contribution in [2.24, 2.45) is 0 Å². The van der Waals surface area contributed by atoms with Crippen LogP contribution in [-0.4, -0.2) is 49.3 Å². The van der Waals surface area contributed by atoms with E-state index in [1.165, 1.54) is 9.18 Å². The van der Waals surface area contributed by atoms with Crippen molar-refractivity contribution >= 4 is 27.3 Å². The summed E-state index contributed by atoms with van der Waals surface area (Å²) in [5, 5.41) is 0. The average molecular weight is 513 g/mol. The summed E-state index contributed by atoms with van der Waals surface area (Å²) < 4.78 is 34.3. The molecule has 0 bridgehead atoms. The van der Waals surface area contributed by atoms with E-state index in [9.17, 15) is 13.2 Å². The smallest absolute Gasteiger partial charge is 0.243 e. The van der Waals surface area contributed by atoms with Crippen LogP contribution in [0.5, 0.6) is 0 Å². The largest absolute Gasteiger partial charge is 0.377 e. The number of rotatable bonds is 10. The molecule has 1 saturated heterocycles. The molecule has 1 atom stereocenters. The maximum absolute atomic E-state index is 13.7. The Balaban J connectivity index is 1.59. The molecular weight excluding hydrogens is 480 g/mol. The minimum atomic E-state index is -3.87. The van der Waals surface area contributed by atoms with Crippen LogP contribution in [0, 0.1) is 13.8 Å². The molecule has 0 radical (unpaired) electrons. The highest BCUT2D eigenvalue weighted by atomic mass is 32.2. The molecule has 2 aromatic carbocycles. The van der Waals surface area contributed by atoms with E-state index < -0.39 is 10.0 Å². The van der Waals surface area contributed by atoms with Crippen molar-refractivity contribution in [1.82, 2.24) is 9.21 Å². The van der Waals surface area contributed by atoms with Crippen LogP contribution in [-0.2, 0) is 32.6 Å². The third kappa shape index (κ3) is 6.79. The van der Waals surface area contributed by atoms with Gasteiger partial charge < -0.3 is 9.64 Å². The first-order valence-corrected chi connectivity index (χ1v) is 14.1. The summed E-state index contributed by atoms with van der Waals surface area (Å²) in [6.45, 7) is 5.35. The van der Waals surface area contributed by atoms with Crippen LogP contribution in [0.2, 0.25) is 0 Å². The van der Waals surface area contributed by atoms with E-state index in [4.69, 9.17) is 4.74 Å². The predicted molar refractivity (Wildman–Crippen MR) is 139 cm³/mol. The van der Waals surface area contributed by atoms with E-state index in [1.54, 1.807) is 40.5 Å². The second kappa shape index (κ2) is 11.5. The molecule has 0 saturated carbocycles. The molecule has 1 fully saturated rings. The highest BCUT2D eigenvalue weighted by molar-refractivity contribution is 7.89. The Kier molecular flexibility index (Phi) is 8.38. The lowest BCUT2D eigenvalue weighted by molar-refractivity contribution is -0.132. The fourth-order valence-corrected chi connectivity index (χ4v) is 6.49. The van der Waals surface area contributed by atoms with E-state index in [2.05, 4.69) is 0 Å². The number of nitrogens with zero attached hydrogens (tertiary/aromatic N) is 2. The maximum Gasteiger partial charge on any atom is 0.243 e. The first-order valence-electron chi connectivity index (χ1n) is 11.9. The summed E-state index contributed by atoms with van der Waals surface area (Å²) >= 11 is 1.65. The molecule has 3 aromatic rings. The molecule has 0 N–H and O–H groups in total. The summed E-state index contributed by atoms with van der Waals surface area (Å²) in [4.78, 5) is 17.8. The average Bonchev–Trinajstić information content (AvgIpc) is 3.50. The van der Waals surface area contributed by atoms with Crippen molar-refractivity contribution in [3.05, 3.63) is 87.6 Å². The molecule has 1 aliphatic rings. The number of carbonyl (C=O) groups is 1. The van der Waals surface area contributed by atoms with Crippen LogP contribution in [0.1, 0.15) is 33.7 Å². The van der Waals surface area contributed by atoms with Crippen LogP contribution >= 0.6 is 11.3 Å². The summed E-state index contributed by atoms with van der Waals surface area (Å²) in [5.74, 6) is -0.228. The van der Waals surface area contributed by atoms with Gasteiger partial charge in [0, 0.05) is 29.5 Å².